The van der Waals surface area contributed by atoms with Gasteiger partial charge in [-0.15, -0.1) is 0 Å². The van der Waals surface area contributed by atoms with Gasteiger partial charge in [0, 0.05) is 24.6 Å². The minimum atomic E-state index is -0.116. The summed E-state index contributed by atoms with van der Waals surface area (Å²) >= 11 is 0. The van der Waals surface area contributed by atoms with Crippen molar-refractivity contribution >= 4 is 5.91 Å². The van der Waals surface area contributed by atoms with Crippen molar-refractivity contribution in [3.8, 4) is 0 Å². The summed E-state index contributed by atoms with van der Waals surface area (Å²) in [5.41, 5.74) is 0.732. The number of hydrogen-bond acceptors (Lipinski definition) is 2. The summed E-state index contributed by atoms with van der Waals surface area (Å²) in [7, 11) is 0. The average molecular weight is 244 g/mol. The highest BCUT2D eigenvalue weighted by atomic mass is 16.2. The van der Waals surface area contributed by atoms with Crippen molar-refractivity contribution in [3.05, 3.63) is 42.2 Å². The first-order valence-electron chi connectivity index (χ1n) is 6.22. The maximum absolute atomic E-state index is 12.2. The second-order valence-corrected chi connectivity index (χ2v) is 4.70. The number of aromatic nitrogens is 3. The summed E-state index contributed by atoms with van der Waals surface area (Å²) in [6.45, 7) is 1.92. The zero-order chi connectivity index (χ0) is 12.5. The lowest BCUT2D eigenvalue weighted by Gasteiger charge is -2.13. The normalized spacial score (nSPS) is 16.5. The number of rotatable bonds is 4. The van der Waals surface area contributed by atoms with Crippen LogP contribution in [0.2, 0.25) is 0 Å². The number of amides is 1. The van der Waals surface area contributed by atoms with Crippen LogP contribution in [-0.4, -0.2) is 20.4 Å². The third-order valence-corrected chi connectivity index (χ3v) is 3.23. The first kappa shape index (κ1) is 11.1. The van der Waals surface area contributed by atoms with Crippen molar-refractivity contribution in [1.82, 2.24) is 19.9 Å². The highest BCUT2D eigenvalue weighted by molar-refractivity contribution is 5.93. The van der Waals surface area contributed by atoms with Crippen LogP contribution in [0.4, 0.5) is 0 Å². The number of H-pyrrole nitrogens is 1. The standard InChI is InChI=1S/C13H16N4O/c1-9(12-14-6-7-15-12)16-13(18)11-3-2-8-17(11)10-4-5-10/h2-3,6-10H,4-5H2,1H3,(H,14,15)(H,16,18). The predicted molar refractivity (Wildman–Crippen MR) is 67.2 cm³/mol. The van der Waals surface area contributed by atoms with Gasteiger partial charge in [0.1, 0.15) is 11.5 Å². The van der Waals surface area contributed by atoms with E-state index in [1.165, 1.54) is 12.8 Å². The molecule has 1 atom stereocenters. The molecule has 5 heteroatoms. The molecule has 1 amide bonds. The maximum atomic E-state index is 12.2. The molecule has 1 fully saturated rings. The quantitative estimate of drug-likeness (QED) is 0.864. The van der Waals surface area contributed by atoms with E-state index in [0.717, 1.165) is 11.5 Å². The molecule has 18 heavy (non-hydrogen) atoms. The summed E-state index contributed by atoms with van der Waals surface area (Å²) < 4.78 is 2.06. The summed E-state index contributed by atoms with van der Waals surface area (Å²) in [5.74, 6) is 0.726. The number of carbonyl (C=O) groups is 1. The fourth-order valence-electron chi connectivity index (χ4n) is 2.11. The second kappa shape index (κ2) is 4.33. The van der Waals surface area contributed by atoms with E-state index in [2.05, 4.69) is 19.9 Å². The fraction of sp³-hybridized carbons (Fsp3) is 0.385. The number of nitrogens with zero attached hydrogens (tertiary/aromatic N) is 2. The molecule has 1 aliphatic rings. The molecule has 1 aliphatic carbocycles. The molecular formula is C13H16N4O. The summed E-state index contributed by atoms with van der Waals surface area (Å²) in [5, 5.41) is 2.95. The van der Waals surface area contributed by atoms with E-state index >= 15 is 0 Å². The SMILES string of the molecule is CC(NC(=O)c1cccn1C1CC1)c1ncc[nH]1. The van der Waals surface area contributed by atoms with Gasteiger partial charge in [-0.05, 0) is 31.9 Å². The van der Waals surface area contributed by atoms with E-state index in [-0.39, 0.29) is 11.9 Å². The first-order chi connectivity index (χ1) is 8.75. The minimum Gasteiger partial charge on any atom is -0.347 e. The van der Waals surface area contributed by atoms with E-state index in [1.54, 1.807) is 12.4 Å². The summed E-state index contributed by atoms with van der Waals surface area (Å²) in [6.07, 6.45) is 7.76. The van der Waals surface area contributed by atoms with E-state index in [0.29, 0.717) is 6.04 Å². The van der Waals surface area contributed by atoms with Gasteiger partial charge in [0.15, 0.2) is 0 Å². The van der Waals surface area contributed by atoms with Crippen molar-refractivity contribution in [2.24, 2.45) is 0 Å². The molecular weight excluding hydrogens is 228 g/mol. The van der Waals surface area contributed by atoms with Crippen LogP contribution in [0.25, 0.3) is 0 Å². The van der Waals surface area contributed by atoms with Crippen molar-refractivity contribution < 1.29 is 4.79 Å². The smallest absolute Gasteiger partial charge is 0.268 e. The van der Waals surface area contributed by atoms with Gasteiger partial charge in [0.05, 0.1) is 6.04 Å². The molecule has 2 aromatic heterocycles. The zero-order valence-electron chi connectivity index (χ0n) is 10.3. The zero-order valence-corrected chi connectivity index (χ0v) is 10.3. The lowest BCUT2D eigenvalue weighted by molar-refractivity contribution is 0.0929. The van der Waals surface area contributed by atoms with Gasteiger partial charge < -0.3 is 14.9 Å². The molecule has 0 aromatic carbocycles. The third kappa shape index (κ3) is 2.03. The molecule has 2 N–H and O–H groups in total. The minimum absolute atomic E-state index is 0.0456. The molecule has 0 radical (unpaired) electrons. The van der Waals surface area contributed by atoms with Crippen molar-refractivity contribution in [2.75, 3.05) is 0 Å². The Morgan fingerprint density at radius 1 is 1.61 bits per heavy atom. The van der Waals surface area contributed by atoms with Crippen LogP contribution >= 0.6 is 0 Å². The molecule has 1 unspecified atom stereocenters. The summed E-state index contributed by atoms with van der Waals surface area (Å²) in [4.78, 5) is 19.3. The maximum Gasteiger partial charge on any atom is 0.268 e. The highest BCUT2D eigenvalue weighted by Crippen LogP contribution is 2.36. The molecule has 1 saturated carbocycles. The Balaban J connectivity index is 1.72. The van der Waals surface area contributed by atoms with Gasteiger partial charge in [-0.2, -0.15) is 0 Å². The Bertz CT molecular complexity index is 539. The molecule has 3 rings (SSSR count). The molecule has 94 valence electrons. The first-order valence-corrected chi connectivity index (χ1v) is 6.22. The Labute approximate surface area is 105 Å². The van der Waals surface area contributed by atoms with Crippen LogP contribution in [-0.2, 0) is 0 Å². The molecule has 5 nitrogen and oxygen atoms in total. The number of nitrogens with one attached hydrogen (secondary N) is 2. The van der Waals surface area contributed by atoms with Crippen LogP contribution in [0.5, 0.6) is 0 Å². The lowest BCUT2D eigenvalue weighted by atomic mass is 10.3. The van der Waals surface area contributed by atoms with Gasteiger partial charge in [0.25, 0.3) is 5.91 Å². The van der Waals surface area contributed by atoms with Gasteiger partial charge in [-0.1, -0.05) is 0 Å². The number of carbonyl (C=O) groups excluding carboxylic acids is 1. The molecule has 0 saturated heterocycles. The number of hydrogen-bond donors (Lipinski definition) is 2. The van der Waals surface area contributed by atoms with Crippen molar-refractivity contribution in [2.45, 2.75) is 31.8 Å². The molecule has 0 aliphatic heterocycles. The Hall–Kier alpha value is -2.04. The van der Waals surface area contributed by atoms with Crippen molar-refractivity contribution in [3.63, 3.8) is 0 Å². The van der Waals surface area contributed by atoms with Crippen LogP contribution in [0.1, 0.15) is 48.2 Å². The number of imidazole rings is 1. The van der Waals surface area contributed by atoms with Gasteiger partial charge in [-0.25, -0.2) is 4.98 Å². The largest absolute Gasteiger partial charge is 0.347 e. The van der Waals surface area contributed by atoms with Crippen LogP contribution in [0.15, 0.2) is 30.7 Å². The van der Waals surface area contributed by atoms with Gasteiger partial charge in [0.2, 0.25) is 0 Å². The average Bonchev–Trinajstić information content (AvgIpc) is 2.90. The second-order valence-electron chi connectivity index (χ2n) is 4.70. The monoisotopic (exact) mass is 244 g/mol. The highest BCUT2D eigenvalue weighted by Gasteiger charge is 2.27. The van der Waals surface area contributed by atoms with E-state index < -0.39 is 0 Å². The molecule has 0 spiro atoms. The van der Waals surface area contributed by atoms with E-state index in [1.807, 2.05) is 25.3 Å². The molecule has 2 heterocycles. The van der Waals surface area contributed by atoms with Gasteiger partial charge in [-0.3, -0.25) is 4.79 Å². The van der Waals surface area contributed by atoms with Crippen LogP contribution < -0.4 is 5.32 Å². The van der Waals surface area contributed by atoms with Crippen LogP contribution in [0, 0.1) is 0 Å². The number of aromatic amines is 1. The summed E-state index contributed by atoms with van der Waals surface area (Å²) in [6, 6.07) is 4.18. The Kier molecular flexibility index (Phi) is 2.66. The molecule has 0 bridgehead atoms. The van der Waals surface area contributed by atoms with Crippen LogP contribution in [0.3, 0.4) is 0 Å². The van der Waals surface area contributed by atoms with E-state index in [4.69, 9.17) is 0 Å². The fourth-order valence-corrected chi connectivity index (χ4v) is 2.11. The topological polar surface area (TPSA) is 62.7 Å². The third-order valence-electron chi connectivity index (χ3n) is 3.23. The molecule has 2 aromatic rings. The lowest BCUT2D eigenvalue weighted by Crippen LogP contribution is -2.29. The Morgan fingerprint density at radius 2 is 2.44 bits per heavy atom. The Morgan fingerprint density at radius 3 is 3.11 bits per heavy atom. The predicted octanol–water partition coefficient (Wildman–Crippen LogP) is 2.04. The van der Waals surface area contributed by atoms with Gasteiger partial charge >= 0.3 is 0 Å². The van der Waals surface area contributed by atoms with Crippen molar-refractivity contribution in [1.29, 1.82) is 0 Å². The van der Waals surface area contributed by atoms with E-state index in [9.17, 15) is 4.79 Å².